The molecule has 0 amide bonds. The SMILES string of the molecule is CCNC(C)c1ccccc1OCC(O)COCC. The third-order valence-corrected chi connectivity index (χ3v) is 2.84. The number of rotatable bonds is 9. The molecule has 1 rings (SSSR count). The Kier molecular flexibility index (Phi) is 7.48. The zero-order chi connectivity index (χ0) is 14.1. The minimum absolute atomic E-state index is 0.227. The second-order valence-corrected chi connectivity index (χ2v) is 4.44. The first kappa shape index (κ1) is 16.0. The van der Waals surface area contributed by atoms with Gasteiger partial charge in [0.1, 0.15) is 18.5 Å². The van der Waals surface area contributed by atoms with E-state index in [0.717, 1.165) is 17.9 Å². The Labute approximate surface area is 115 Å². The summed E-state index contributed by atoms with van der Waals surface area (Å²) in [5.41, 5.74) is 1.10. The molecule has 0 radical (unpaired) electrons. The van der Waals surface area contributed by atoms with Gasteiger partial charge in [0.2, 0.25) is 0 Å². The lowest BCUT2D eigenvalue weighted by atomic mass is 10.1. The lowest BCUT2D eigenvalue weighted by Crippen LogP contribution is -2.24. The largest absolute Gasteiger partial charge is 0.490 e. The van der Waals surface area contributed by atoms with Crippen LogP contribution < -0.4 is 10.1 Å². The molecule has 0 aliphatic carbocycles. The van der Waals surface area contributed by atoms with E-state index in [-0.39, 0.29) is 12.6 Å². The van der Waals surface area contributed by atoms with E-state index in [4.69, 9.17) is 9.47 Å². The molecule has 2 unspecified atom stereocenters. The highest BCUT2D eigenvalue weighted by Gasteiger charge is 2.12. The van der Waals surface area contributed by atoms with Gasteiger partial charge in [-0.2, -0.15) is 0 Å². The van der Waals surface area contributed by atoms with Gasteiger partial charge in [0, 0.05) is 18.2 Å². The molecule has 1 aromatic rings. The molecule has 0 saturated carbocycles. The number of benzene rings is 1. The first-order chi connectivity index (χ1) is 9.19. The van der Waals surface area contributed by atoms with Gasteiger partial charge in [0.15, 0.2) is 0 Å². The molecule has 0 bridgehead atoms. The Balaban J connectivity index is 2.57. The van der Waals surface area contributed by atoms with Crippen LogP contribution in [0.5, 0.6) is 5.75 Å². The monoisotopic (exact) mass is 267 g/mol. The topological polar surface area (TPSA) is 50.7 Å². The van der Waals surface area contributed by atoms with Crippen molar-refractivity contribution in [3.63, 3.8) is 0 Å². The van der Waals surface area contributed by atoms with Gasteiger partial charge in [-0.25, -0.2) is 0 Å². The summed E-state index contributed by atoms with van der Waals surface area (Å²) < 4.78 is 10.9. The predicted molar refractivity (Wildman–Crippen MR) is 76.5 cm³/mol. The quantitative estimate of drug-likeness (QED) is 0.719. The first-order valence-electron chi connectivity index (χ1n) is 6.89. The summed E-state index contributed by atoms with van der Waals surface area (Å²) in [5, 5.41) is 13.1. The molecule has 0 aromatic heterocycles. The van der Waals surface area contributed by atoms with Crippen molar-refractivity contribution in [1.82, 2.24) is 5.32 Å². The third-order valence-electron chi connectivity index (χ3n) is 2.84. The smallest absolute Gasteiger partial charge is 0.124 e. The van der Waals surface area contributed by atoms with Crippen LogP contribution in [0.2, 0.25) is 0 Å². The third kappa shape index (κ3) is 5.59. The molecule has 0 heterocycles. The molecule has 0 aliphatic heterocycles. The second-order valence-electron chi connectivity index (χ2n) is 4.44. The van der Waals surface area contributed by atoms with Crippen LogP contribution in [0.4, 0.5) is 0 Å². The molecule has 2 N–H and O–H groups in total. The summed E-state index contributed by atoms with van der Waals surface area (Å²) in [6.45, 7) is 8.14. The van der Waals surface area contributed by atoms with E-state index in [2.05, 4.69) is 19.2 Å². The van der Waals surface area contributed by atoms with Crippen LogP contribution in [0, 0.1) is 0 Å². The Hall–Kier alpha value is -1.10. The van der Waals surface area contributed by atoms with E-state index in [1.54, 1.807) is 0 Å². The maximum absolute atomic E-state index is 9.71. The Bertz CT molecular complexity index is 357. The molecule has 0 aliphatic rings. The van der Waals surface area contributed by atoms with Gasteiger partial charge < -0.3 is 19.9 Å². The van der Waals surface area contributed by atoms with Gasteiger partial charge in [-0.15, -0.1) is 0 Å². The number of nitrogens with one attached hydrogen (secondary N) is 1. The molecule has 19 heavy (non-hydrogen) atoms. The highest BCUT2D eigenvalue weighted by Crippen LogP contribution is 2.24. The van der Waals surface area contributed by atoms with E-state index >= 15 is 0 Å². The van der Waals surface area contributed by atoms with Crippen molar-refractivity contribution in [2.75, 3.05) is 26.4 Å². The minimum atomic E-state index is -0.595. The van der Waals surface area contributed by atoms with Gasteiger partial charge in [-0.05, 0) is 26.5 Å². The fourth-order valence-corrected chi connectivity index (χ4v) is 1.87. The van der Waals surface area contributed by atoms with Crippen LogP contribution in [0.25, 0.3) is 0 Å². The van der Waals surface area contributed by atoms with Crippen molar-refractivity contribution < 1.29 is 14.6 Å². The van der Waals surface area contributed by atoms with E-state index in [0.29, 0.717) is 13.2 Å². The zero-order valence-electron chi connectivity index (χ0n) is 12.1. The summed E-state index contributed by atoms with van der Waals surface area (Å²) in [5.74, 6) is 0.812. The fraction of sp³-hybridized carbons (Fsp3) is 0.600. The van der Waals surface area contributed by atoms with E-state index in [1.165, 1.54) is 0 Å². The van der Waals surface area contributed by atoms with Gasteiger partial charge in [-0.3, -0.25) is 0 Å². The Morgan fingerprint density at radius 3 is 2.63 bits per heavy atom. The van der Waals surface area contributed by atoms with Crippen molar-refractivity contribution in [2.24, 2.45) is 0 Å². The molecule has 4 heteroatoms. The molecule has 0 saturated heterocycles. The highest BCUT2D eigenvalue weighted by atomic mass is 16.5. The minimum Gasteiger partial charge on any atom is -0.490 e. The van der Waals surface area contributed by atoms with Crippen LogP contribution in [0.1, 0.15) is 32.4 Å². The van der Waals surface area contributed by atoms with E-state index in [9.17, 15) is 5.11 Å². The fourth-order valence-electron chi connectivity index (χ4n) is 1.87. The number of ether oxygens (including phenoxy) is 2. The molecular formula is C15H25NO3. The normalized spacial score (nSPS) is 14.1. The average molecular weight is 267 g/mol. The lowest BCUT2D eigenvalue weighted by molar-refractivity contribution is 0.0162. The average Bonchev–Trinajstić information content (AvgIpc) is 2.43. The number of aliphatic hydroxyl groups is 1. The van der Waals surface area contributed by atoms with Crippen LogP contribution in [-0.4, -0.2) is 37.6 Å². The number of para-hydroxylation sites is 1. The zero-order valence-corrected chi connectivity index (χ0v) is 12.1. The number of hydrogen-bond donors (Lipinski definition) is 2. The van der Waals surface area contributed by atoms with Crippen molar-refractivity contribution in [2.45, 2.75) is 32.9 Å². The van der Waals surface area contributed by atoms with Gasteiger partial charge >= 0.3 is 0 Å². The van der Waals surface area contributed by atoms with Crippen molar-refractivity contribution in [3.05, 3.63) is 29.8 Å². The van der Waals surface area contributed by atoms with Crippen LogP contribution in [0.15, 0.2) is 24.3 Å². The maximum atomic E-state index is 9.71. The van der Waals surface area contributed by atoms with Crippen molar-refractivity contribution in [3.8, 4) is 5.75 Å². The Morgan fingerprint density at radius 1 is 1.21 bits per heavy atom. The Morgan fingerprint density at radius 2 is 1.95 bits per heavy atom. The molecule has 1 aromatic carbocycles. The summed E-state index contributed by atoms with van der Waals surface area (Å²) in [6, 6.07) is 8.12. The molecule has 0 spiro atoms. The summed E-state index contributed by atoms with van der Waals surface area (Å²) in [7, 11) is 0. The lowest BCUT2D eigenvalue weighted by Gasteiger charge is -2.19. The van der Waals surface area contributed by atoms with Gasteiger partial charge in [0.05, 0.1) is 6.61 Å². The van der Waals surface area contributed by atoms with Gasteiger partial charge in [0.25, 0.3) is 0 Å². The first-order valence-corrected chi connectivity index (χ1v) is 6.89. The summed E-state index contributed by atoms with van der Waals surface area (Å²) in [6.07, 6.45) is -0.595. The van der Waals surface area contributed by atoms with Crippen molar-refractivity contribution >= 4 is 0 Å². The van der Waals surface area contributed by atoms with Crippen LogP contribution in [-0.2, 0) is 4.74 Å². The maximum Gasteiger partial charge on any atom is 0.124 e. The molecule has 2 atom stereocenters. The second kappa shape index (κ2) is 8.91. The van der Waals surface area contributed by atoms with E-state index < -0.39 is 6.10 Å². The molecule has 0 fully saturated rings. The number of hydrogen-bond acceptors (Lipinski definition) is 4. The molecule has 4 nitrogen and oxygen atoms in total. The standard InChI is InChI=1S/C15H25NO3/c1-4-16-12(3)14-8-6-7-9-15(14)19-11-13(17)10-18-5-2/h6-9,12-13,16-17H,4-5,10-11H2,1-3H3. The molecule has 108 valence electrons. The summed E-state index contributed by atoms with van der Waals surface area (Å²) in [4.78, 5) is 0. The molecular weight excluding hydrogens is 242 g/mol. The summed E-state index contributed by atoms with van der Waals surface area (Å²) >= 11 is 0. The number of aliphatic hydroxyl groups excluding tert-OH is 1. The van der Waals surface area contributed by atoms with E-state index in [1.807, 2.05) is 31.2 Å². The predicted octanol–water partition coefficient (Wildman–Crippen LogP) is 2.13. The highest BCUT2D eigenvalue weighted by molar-refractivity contribution is 5.35. The van der Waals surface area contributed by atoms with Crippen LogP contribution >= 0.6 is 0 Å². The van der Waals surface area contributed by atoms with Crippen molar-refractivity contribution in [1.29, 1.82) is 0 Å². The van der Waals surface area contributed by atoms with Gasteiger partial charge in [-0.1, -0.05) is 25.1 Å². The van der Waals surface area contributed by atoms with Crippen LogP contribution in [0.3, 0.4) is 0 Å².